The quantitative estimate of drug-likeness (QED) is 0.723. The van der Waals surface area contributed by atoms with E-state index < -0.39 is 22.1 Å². The first-order valence-electron chi connectivity index (χ1n) is 9.11. The second-order valence-electron chi connectivity index (χ2n) is 7.57. The van der Waals surface area contributed by atoms with Gasteiger partial charge in [-0.25, -0.2) is 13.4 Å². The molecule has 2 rings (SSSR count). The van der Waals surface area contributed by atoms with Crippen LogP contribution in [-0.2, 0) is 19.6 Å². The highest BCUT2D eigenvalue weighted by molar-refractivity contribution is 7.89. The molecule has 1 aliphatic rings. The maximum Gasteiger partial charge on any atom is 0.260 e. The van der Waals surface area contributed by atoms with Gasteiger partial charge >= 0.3 is 0 Å². The van der Waals surface area contributed by atoms with Crippen LogP contribution in [0.3, 0.4) is 0 Å². The van der Waals surface area contributed by atoms with Gasteiger partial charge in [-0.2, -0.15) is 4.31 Å². The third-order valence-corrected chi connectivity index (χ3v) is 6.22. The van der Waals surface area contributed by atoms with Crippen LogP contribution >= 0.6 is 0 Å². The maximum absolute atomic E-state index is 12.8. The fraction of sp³-hybridized carbons (Fsp3) is 0.611. The van der Waals surface area contributed by atoms with Crippen LogP contribution in [0, 0.1) is 11.8 Å². The first-order chi connectivity index (χ1) is 12.6. The van der Waals surface area contributed by atoms with E-state index in [9.17, 15) is 18.0 Å². The minimum Gasteiger partial charge on any atom is -0.345 e. The molecular formula is C18H28N4O4S. The summed E-state index contributed by atoms with van der Waals surface area (Å²) in [6.45, 7) is 5.67. The monoisotopic (exact) mass is 396 g/mol. The van der Waals surface area contributed by atoms with E-state index in [1.54, 1.807) is 12.1 Å². The summed E-state index contributed by atoms with van der Waals surface area (Å²) in [5, 5.41) is 2.61. The number of ketones is 1. The molecule has 2 unspecified atom stereocenters. The lowest BCUT2D eigenvalue weighted by Crippen LogP contribution is -2.50. The molecule has 0 bridgehead atoms. The highest BCUT2D eigenvalue weighted by Crippen LogP contribution is 2.21. The number of Topliss-reactive ketones (excluding diaryl/α,β-unsaturated/α-hetero) is 1. The second-order valence-corrected chi connectivity index (χ2v) is 9.45. The van der Waals surface area contributed by atoms with Gasteiger partial charge in [0.1, 0.15) is 0 Å². The fourth-order valence-corrected chi connectivity index (χ4v) is 4.61. The summed E-state index contributed by atoms with van der Waals surface area (Å²) in [6.07, 6.45) is 2.28. The standard InChI is InChI=1S/C18H28N4O4S/c1-12(2)8-14(19)18(24)21-15-9-13(3)10-22(11-16(15)23)27(25,26)17-6-4-5-7-20-17/h4-7,12-15H,8-11,19H2,1-3H3,(H,21,24)/t13?,14-,15?/m0/s1. The van der Waals surface area contributed by atoms with Crippen LogP contribution in [0.1, 0.15) is 33.6 Å². The van der Waals surface area contributed by atoms with Gasteiger partial charge in [0, 0.05) is 12.7 Å². The minimum absolute atomic E-state index is 0.0913. The van der Waals surface area contributed by atoms with Crippen molar-refractivity contribution >= 4 is 21.7 Å². The molecule has 3 atom stereocenters. The molecule has 150 valence electrons. The number of rotatable bonds is 6. The summed E-state index contributed by atoms with van der Waals surface area (Å²) in [5.41, 5.74) is 5.89. The Kier molecular flexibility index (Phi) is 7.07. The van der Waals surface area contributed by atoms with Gasteiger partial charge in [0.25, 0.3) is 10.0 Å². The molecular weight excluding hydrogens is 368 g/mol. The van der Waals surface area contributed by atoms with Gasteiger partial charge < -0.3 is 11.1 Å². The Morgan fingerprint density at radius 1 is 1.41 bits per heavy atom. The average Bonchev–Trinajstić information content (AvgIpc) is 2.74. The summed E-state index contributed by atoms with van der Waals surface area (Å²) < 4.78 is 26.7. The third-order valence-electron chi connectivity index (χ3n) is 4.49. The van der Waals surface area contributed by atoms with Crippen molar-refractivity contribution in [2.24, 2.45) is 17.6 Å². The Balaban J connectivity index is 2.13. The number of carbonyl (C=O) groups excluding carboxylic acids is 2. The summed E-state index contributed by atoms with van der Waals surface area (Å²) in [5.74, 6) is -0.575. The average molecular weight is 397 g/mol. The van der Waals surface area contributed by atoms with E-state index in [1.807, 2.05) is 20.8 Å². The molecule has 27 heavy (non-hydrogen) atoms. The number of hydrogen-bond acceptors (Lipinski definition) is 6. The Morgan fingerprint density at radius 2 is 2.11 bits per heavy atom. The predicted octanol–water partition coefficient (Wildman–Crippen LogP) is 0.539. The zero-order chi connectivity index (χ0) is 20.2. The number of nitrogens with two attached hydrogens (primary N) is 1. The van der Waals surface area contributed by atoms with Gasteiger partial charge in [-0.15, -0.1) is 0 Å². The number of sulfonamides is 1. The van der Waals surface area contributed by atoms with Crippen LogP contribution < -0.4 is 11.1 Å². The van der Waals surface area contributed by atoms with E-state index in [1.165, 1.54) is 12.3 Å². The van der Waals surface area contributed by atoms with Crippen LogP contribution in [-0.4, -0.2) is 54.6 Å². The normalized spacial score (nSPS) is 23.1. The fourth-order valence-electron chi connectivity index (χ4n) is 3.15. The predicted molar refractivity (Wildman–Crippen MR) is 101 cm³/mol. The van der Waals surface area contributed by atoms with Crippen LogP contribution in [0.4, 0.5) is 0 Å². The molecule has 0 saturated carbocycles. The first kappa shape index (κ1) is 21.5. The van der Waals surface area contributed by atoms with E-state index in [0.717, 1.165) is 4.31 Å². The molecule has 1 aliphatic heterocycles. The van der Waals surface area contributed by atoms with Gasteiger partial charge in [-0.1, -0.05) is 26.8 Å². The van der Waals surface area contributed by atoms with Gasteiger partial charge in [0.2, 0.25) is 5.91 Å². The maximum atomic E-state index is 12.8. The van der Waals surface area contributed by atoms with Crippen molar-refractivity contribution < 1.29 is 18.0 Å². The Morgan fingerprint density at radius 3 is 2.70 bits per heavy atom. The number of amides is 1. The highest BCUT2D eigenvalue weighted by Gasteiger charge is 2.36. The summed E-state index contributed by atoms with van der Waals surface area (Å²) in [6, 6.07) is 3.18. The molecule has 0 radical (unpaired) electrons. The van der Waals surface area contributed by atoms with E-state index >= 15 is 0 Å². The van der Waals surface area contributed by atoms with E-state index in [0.29, 0.717) is 12.8 Å². The lowest BCUT2D eigenvalue weighted by Gasteiger charge is -2.20. The van der Waals surface area contributed by atoms with Gasteiger partial charge in [0.15, 0.2) is 10.8 Å². The molecule has 0 spiro atoms. The van der Waals surface area contributed by atoms with Gasteiger partial charge in [-0.05, 0) is 36.8 Å². The summed E-state index contributed by atoms with van der Waals surface area (Å²) in [4.78, 5) is 28.8. The Hall–Kier alpha value is -1.84. The summed E-state index contributed by atoms with van der Waals surface area (Å²) in [7, 11) is -3.87. The van der Waals surface area contributed by atoms with Crippen molar-refractivity contribution in [1.82, 2.24) is 14.6 Å². The minimum atomic E-state index is -3.87. The molecule has 1 amide bonds. The van der Waals surface area contributed by atoms with Crippen LogP contribution in [0.5, 0.6) is 0 Å². The van der Waals surface area contributed by atoms with Crippen molar-refractivity contribution in [3.05, 3.63) is 24.4 Å². The van der Waals surface area contributed by atoms with E-state index in [4.69, 9.17) is 5.73 Å². The molecule has 1 aromatic heterocycles. The molecule has 1 aromatic rings. The second kappa shape index (κ2) is 8.90. The number of hydrogen-bond donors (Lipinski definition) is 2. The molecule has 3 N–H and O–H groups in total. The highest BCUT2D eigenvalue weighted by atomic mass is 32.2. The number of nitrogens with zero attached hydrogens (tertiary/aromatic N) is 2. The third kappa shape index (κ3) is 5.57. The number of aromatic nitrogens is 1. The van der Waals surface area contributed by atoms with Crippen molar-refractivity contribution in [3.63, 3.8) is 0 Å². The number of carbonyl (C=O) groups is 2. The molecule has 0 aromatic carbocycles. The topological polar surface area (TPSA) is 122 Å². The number of pyridine rings is 1. The lowest BCUT2D eigenvalue weighted by molar-refractivity contribution is -0.128. The Bertz CT molecular complexity index is 767. The Labute approximate surface area is 160 Å². The van der Waals surface area contributed by atoms with Crippen LogP contribution in [0.2, 0.25) is 0 Å². The van der Waals surface area contributed by atoms with E-state index in [-0.39, 0.29) is 41.6 Å². The molecule has 1 saturated heterocycles. The molecule has 0 aliphatic carbocycles. The SMILES string of the molecule is CC(C)C[C@H](N)C(=O)NC1CC(C)CN(S(=O)(=O)c2ccccn2)CC1=O. The first-order valence-corrected chi connectivity index (χ1v) is 10.5. The number of nitrogens with one attached hydrogen (secondary N) is 1. The van der Waals surface area contributed by atoms with E-state index in [2.05, 4.69) is 10.3 Å². The van der Waals surface area contributed by atoms with Gasteiger partial charge in [0.05, 0.1) is 18.6 Å². The molecule has 9 heteroatoms. The summed E-state index contributed by atoms with van der Waals surface area (Å²) >= 11 is 0. The molecule has 8 nitrogen and oxygen atoms in total. The van der Waals surface area contributed by atoms with Crippen molar-refractivity contribution in [2.75, 3.05) is 13.1 Å². The van der Waals surface area contributed by atoms with Crippen LogP contribution in [0.25, 0.3) is 0 Å². The smallest absolute Gasteiger partial charge is 0.260 e. The zero-order valence-electron chi connectivity index (χ0n) is 16.0. The van der Waals surface area contributed by atoms with Crippen molar-refractivity contribution in [2.45, 2.75) is 50.7 Å². The van der Waals surface area contributed by atoms with Gasteiger partial charge in [-0.3, -0.25) is 9.59 Å². The molecule has 1 fully saturated rings. The van der Waals surface area contributed by atoms with Crippen molar-refractivity contribution in [3.8, 4) is 0 Å². The molecule has 2 heterocycles. The van der Waals surface area contributed by atoms with Crippen LogP contribution in [0.15, 0.2) is 29.4 Å². The van der Waals surface area contributed by atoms with Crippen molar-refractivity contribution in [1.29, 1.82) is 0 Å². The largest absolute Gasteiger partial charge is 0.345 e. The zero-order valence-corrected chi connectivity index (χ0v) is 16.8. The lowest BCUT2D eigenvalue weighted by atomic mass is 9.99.